The highest BCUT2D eigenvalue weighted by Gasteiger charge is 2.23. The smallest absolute Gasteiger partial charge is 0.236 e. The molecule has 1 N–H and O–H groups in total. The third kappa shape index (κ3) is 3.62. The number of aromatic nitrogens is 3. The maximum Gasteiger partial charge on any atom is 0.236 e. The van der Waals surface area contributed by atoms with E-state index >= 15 is 0 Å². The Balaban J connectivity index is 1.70. The van der Waals surface area contributed by atoms with Crippen molar-refractivity contribution in [1.29, 1.82) is 0 Å². The molecule has 1 amide bonds. The van der Waals surface area contributed by atoms with E-state index in [9.17, 15) is 4.79 Å². The quantitative estimate of drug-likeness (QED) is 0.588. The van der Waals surface area contributed by atoms with Crippen molar-refractivity contribution in [2.75, 3.05) is 5.32 Å². The highest BCUT2D eigenvalue weighted by Crippen LogP contribution is 2.27. The van der Waals surface area contributed by atoms with Crippen LogP contribution in [0.4, 0.5) is 5.69 Å². The van der Waals surface area contributed by atoms with Gasteiger partial charge in [0.25, 0.3) is 0 Å². The molecule has 0 saturated heterocycles. The Morgan fingerprint density at radius 2 is 1.41 bits per heavy atom. The lowest BCUT2D eigenvalue weighted by atomic mass is 9.90. The van der Waals surface area contributed by atoms with Crippen LogP contribution in [-0.2, 0) is 4.79 Å². The third-order valence-electron chi connectivity index (χ3n) is 4.36. The van der Waals surface area contributed by atoms with E-state index in [2.05, 4.69) is 15.4 Å². The minimum absolute atomic E-state index is 0.0973. The van der Waals surface area contributed by atoms with Crippen LogP contribution in [0.1, 0.15) is 17.0 Å². The average Bonchev–Trinajstić information content (AvgIpc) is 3.25. The lowest BCUT2D eigenvalue weighted by Crippen LogP contribution is -2.23. The lowest BCUT2D eigenvalue weighted by molar-refractivity contribution is -0.116. The molecule has 5 nitrogen and oxygen atoms in total. The molecule has 0 aliphatic carbocycles. The topological polar surface area (TPSA) is 59.8 Å². The molecule has 27 heavy (non-hydrogen) atoms. The van der Waals surface area contributed by atoms with Crippen molar-refractivity contribution in [3.8, 4) is 5.69 Å². The van der Waals surface area contributed by atoms with Crippen LogP contribution in [-0.4, -0.2) is 20.7 Å². The molecule has 0 aliphatic rings. The van der Waals surface area contributed by atoms with Crippen LogP contribution in [0.15, 0.2) is 97.6 Å². The zero-order chi connectivity index (χ0) is 18.5. The fourth-order valence-corrected chi connectivity index (χ4v) is 3.10. The molecular formula is C22H18N4O. The van der Waals surface area contributed by atoms with Gasteiger partial charge in [-0.25, -0.2) is 9.67 Å². The van der Waals surface area contributed by atoms with Crippen molar-refractivity contribution >= 4 is 11.6 Å². The first-order valence-corrected chi connectivity index (χ1v) is 8.68. The predicted octanol–water partition coefficient (Wildman–Crippen LogP) is 4.04. The summed E-state index contributed by atoms with van der Waals surface area (Å²) in [4.78, 5) is 17.3. The molecule has 0 fully saturated rings. The van der Waals surface area contributed by atoms with Gasteiger partial charge in [0, 0.05) is 0 Å². The number of hydrogen-bond donors (Lipinski definition) is 1. The van der Waals surface area contributed by atoms with Crippen LogP contribution >= 0.6 is 0 Å². The molecule has 1 aromatic heterocycles. The van der Waals surface area contributed by atoms with Crippen molar-refractivity contribution in [3.05, 3.63) is 109 Å². The summed E-state index contributed by atoms with van der Waals surface area (Å²) in [7, 11) is 0. The summed E-state index contributed by atoms with van der Waals surface area (Å²) >= 11 is 0. The van der Waals surface area contributed by atoms with Gasteiger partial charge in [-0.05, 0) is 23.3 Å². The normalized spacial score (nSPS) is 10.7. The molecule has 1 heterocycles. The fraction of sp³-hybridized carbons (Fsp3) is 0.0455. The molecule has 4 aromatic rings. The molecule has 3 aromatic carbocycles. The molecule has 5 heteroatoms. The van der Waals surface area contributed by atoms with Crippen LogP contribution in [0.3, 0.4) is 0 Å². The molecule has 0 radical (unpaired) electrons. The number of para-hydroxylation sites is 2. The second-order valence-electron chi connectivity index (χ2n) is 6.10. The minimum Gasteiger partial charge on any atom is -0.323 e. The number of nitrogens with zero attached hydrogens (tertiary/aromatic N) is 3. The van der Waals surface area contributed by atoms with Crippen molar-refractivity contribution in [2.24, 2.45) is 0 Å². The van der Waals surface area contributed by atoms with Gasteiger partial charge in [0.2, 0.25) is 5.91 Å². The first-order chi connectivity index (χ1) is 13.3. The van der Waals surface area contributed by atoms with E-state index in [1.54, 1.807) is 11.0 Å². The highest BCUT2D eigenvalue weighted by atomic mass is 16.1. The zero-order valence-electron chi connectivity index (χ0n) is 14.6. The van der Waals surface area contributed by atoms with Crippen molar-refractivity contribution < 1.29 is 4.79 Å². The van der Waals surface area contributed by atoms with Gasteiger partial charge in [0.1, 0.15) is 12.7 Å². The number of rotatable bonds is 5. The van der Waals surface area contributed by atoms with E-state index in [0.717, 1.165) is 16.8 Å². The molecule has 0 saturated carbocycles. The number of nitrogens with one attached hydrogen (secondary N) is 1. The third-order valence-corrected chi connectivity index (χ3v) is 4.36. The Hall–Kier alpha value is -3.73. The Morgan fingerprint density at radius 1 is 0.815 bits per heavy atom. The monoisotopic (exact) mass is 354 g/mol. The maximum atomic E-state index is 13.3. The molecule has 0 spiro atoms. The van der Waals surface area contributed by atoms with E-state index in [1.807, 2.05) is 84.9 Å². The van der Waals surface area contributed by atoms with Gasteiger partial charge in [0.15, 0.2) is 0 Å². The average molecular weight is 354 g/mol. The second kappa shape index (κ2) is 7.66. The number of hydrogen-bond acceptors (Lipinski definition) is 3. The van der Waals surface area contributed by atoms with Crippen LogP contribution in [0.2, 0.25) is 0 Å². The summed E-state index contributed by atoms with van der Waals surface area (Å²) in [6.45, 7) is 0. The molecule has 0 bridgehead atoms. The molecule has 4 rings (SSSR count). The first-order valence-electron chi connectivity index (χ1n) is 8.68. The Morgan fingerprint density at radius 3 is 2.00 bits per heavy atom. The number of benzene rings is 3. The summed E-state index contributed by atoms with van der Waals surface area (Å²) in [5.74, 6) is -0.504. The summed E-state index contributed by atoms with van der Waals surface area (Å²) in [5, 5.41) is 7.24. The van der Waals surface area contributed by atoms with Crippen LogP contribution in [0, 0.1) is 0 Å². The molecule has 0 unspecified atom stereocenters. The molecule has 0 atom stereocenters. The number of anilines is 1. The van der Waals surface area contributed by atoms with Gasteiger partial charge in [0.05, 0.1) is 17.3 Å². The van der Waals surface area contributed by atoms with E-state index in [-0.39, 0.29) is 5.91 Å². The van der Waals surface area contributed by atoms with Crippen LogP contribution < -0.4 is 5.32 Å². The second-order valence-corrected chi connectivity index (χ2v) is 6.10. The first kappa shape index (κ1) is 16.7. The van der Waals surface area contributed by atoms with Gasteiger partial charge < -0.3 is 5.32 Å². The Kier molecular flexibility index (Phi) is 4.74. The number of carbonyl (C=O) groups is 1. The fourth-order valence-electron chi connectivity index (χ4n) is 3.10. The Labute approximate surface area is 157 Å². The van der Waals surface area contributed by atoms with Crippen molar-refractivity contribution in [1.82, 2.24) is 14.8 Å². The molecule has 132 valence electrons. The van der Waals surface area contributed by atoms with Crippen LogP contribution in [0.25, 0.3) is 5.69 Å². The minimum atomic E-state index is -0.406. The number of amides is 1. The van der Waals surface area contributed by atoms with Crippen molar-refractivity contribution in [3.63, 3.8) is 0 Å². The standard InChI is InChI=1S/C22H18N4O/c27-22(25-19-13-7-8-14-20(19)26-16-23-15-24-26)21(17-9-3-1-4-10-17)18-11-5-2-6-12-18/h1-16,21H,(H,25,27). The van der Waals surface area contributed by atoms with Gasteiger partial charge in [-0.15, -0.1) is 0 Å². The van der Waals surface area contributed by atoms with E-state index in [1.165, 1.54) is 6.33 Å². The van der Waals surface area contributed by atoms with Gasteiger partial charge >= 0.3 is 0 Å². The highest BCUT2D eigenvalue weighted by molar-refractivity contribution is 5.99. The SMILES string of the molecule is O=C(Nc1ccccc1-n1cncn1)C(c1ccccc1)c1ccccc1. The summed E-state index contributed by atoms with van der Waals surface area (Å²) in [6.07, 6.45) is 3.08. The maximum absolute atomic E-state index is 13.3. The predicted molar refractivity (Wildman–Crippen MR) is 105 cm³/mol. The summed E-state index contributed by atoms with van der Waals surface area (Å²) in [5.41, 5.74) is 3.34. The largest absolute Gasteiger partial charge is 0.323 e. The van der Waals surface area contributed by atoms with E-state index < -0.39 is 5.92 Å². The van der Waals surface area contributed by atoms with Gasteiger partial charge in [-0.3, -0.25) is 4.79 Å². The van der Waals surface area contributed by atoms with Gasteiger partial charge in [-0.1, -0.05) is 72.8 Å². The van der Waals surface area contributed by atoms with Crippen molar-refractivity contribution in [2.45, 2.75) is 5.92 Å². The van der Waals surface area contributed by atoms with E-state index in [0.29, 0.717) is 5.69 Å². The Bertz CT molecular complexity index is 975. The van der Waals surface area contributed by atoms with E-state index in [4.69, 9.17) is 0 Å². The lowest BCUT2D eigenvalue weighted by Gasteiger charge is -2.19. The summed E-state index contributed by atoms with van der Waals surface area (Å²) < 4.78 is 1.63. The molecule has 0 aliphatic heterocycles. The van der Waals surface area contributed by atoms with Crippen LogP contribution in [0.5, 0.6) is 0 Å². The van der Waals surface area contributed by atoms with Gasteiger partial charge in [-0.2, -0.15) is 5.10 Å². The summed E-state index contributed by atoms with van der Waals surface area (Å²) in [6, 6.07) is 27.1. The zero-order valence-corrected chi connectivity index (χ0v) is 14.6. The number of carbonyl (C=O) groups excluding carboxylic acids is 1. The molecular weight excluding hydrogens is 336 g/mol.